The second-order valence-corrected chi connectivity index (χ2v) is 10.8. The summed E-state index contributed by atoms with van der Waals surface area (Å²) in [6, 6.07) is 0. The fourth-order valence-corrected chi connectivity index (χ4v) is 5.68. The maximum atomic E-state index is 8.86. The zero-order valence-corrected chi connectivity index (χ0v) is 23.4. The molecule has 3 unspecified atom stereocenters. The summed E-state index contributed by atoms with van der Waals surface area (Å²) in [6.45, 7) is 5.64. The number of fused-ring (bicyclic) bond motifs is 1. The molecule has 1 aliphatic heterocycles. The average Bonchev–Trinajstić information content (AvgIpc) is 3.30. The predicted molar refractivity (Wildman–Crippen MR) is 149 cm³/mol. The van der Waals surface area contributed by atoms with Crippen LogP contribution in [0.4, 0.5) is 0 Å². The molecular weight excluding hydrogens is 522 g/mol. The van der Waals surface area contributed by atoms with Gasteiger partial charge in [-0.15, -0.1) is 6.42 Å². The molecule has 3 heterocycles. The van der Waals surface area contributed by atoms with Crippen molar-refractivity contribution in [2.75, 3.05) is 20.3 Å². The number of nitrogens with zero attached hydrogens (tertiary/aromatic N) is 6. The summed E-state index contributed by atoms with van der Waals surface area (Å²) in [4.78, 5) is 22.6. The molecule has 1 aliphatic carbocycles. The van der Waals surface area contributed by atoms with Gasteiger partial charge in [0, 0.05) is 50.0 Å². The molecular formula is C27H36ClN7O4. The summed E-state index contributed by atoms with van der Waals surface area (Å²) in [6.07, 6.45) is 15.6. The van der Waals surface area contributed by atoms with Crippen LogP contribution in [0.3, 0.4) is 0 Å². The Morgan fingerprint density at radius 2 is 2.13 bits per heavy atom. The Morgan fingerprint density at radius 3 is 2.77 bits per heavy atom. The average molecular weight is 558 g/mol. The Hall–Kier alpha value is -3.04. The van der Waals surface area contributed by atoms with E-state index >= 15 is 0 Å². The lowest BCUT2D eigenvalue weighted by atomic mass is 9.83. The minimum Gasteiger partial charge on any atom is -0.381 e. The molecule has 210 valence electrons. The van der Waals surface area contributed by atoms with E-state index in [1.807, 2.05) is 0 Å². The zero-order chi connectivity index (χ0) is 28.0. The Kier molecular flexibility index (Phi) is 9.56. The Labute approximate surface area is 233 Å². The summed E-state index contributed by atoms with van der Waals surface area (Å²) in [5.74, 6) is 3.15. The molecule has 1 saturated carbocycles. The van der Waals surface area contributed by atoms with Crippen LogP contribution in [0, 0.1) is 24.2 Å². The molecule has 0 aromatic carbocycles. The smallest absolute Gasteiger partial charge is 0.212 e. The number of amidine groups is 1. The highest BCUT2D eigenvalue weighted by molar-refractivity contribution is 6.29. The molecule has 11 nitrogen and oxygen atoms in total. The minimum atomic E-state index is -0.697. The zero-order valence-electron chi connectivity index (χ0n) is 22.6. The molecule has 0 spiro atoms. The van der Waals surface area contributed by atoms with Crippen LogP contribution in [0.25, 0.3) is 11.2 Å². The number of aromatic nitrogens is 4. The van der Waals surface area contributed by atoms with E-state index in [-0.39, 0.29) is 17.6 Å². The van der Waals surface area contributed by atoms with E-state index in [9.17, 15) is 0 Å². The highest BCUT2D eigenvalue weighted by Gasteiger charge is 2.45. The van der Waals surface area contributed by atoms with Crippen molar-refractivity contribution in [2.45, 2.75) is 70.4 Å². The van der Waals surface area contributed by atoms with E-state index in [0.717, 1.165) is 25.2 Å². The summed E-state index contributed by atoms with van der Waals surface area (Å²) < 4.78 is 14.2. The lowest BCUT2D eigenvalue weighted by molar-refractivity contribution is -0.243. The van der Waals surface area contributed by atoms with E-state index in [1.54, 1.807) is 20.2 Å². The van der Waals surface area contributed by atoms with Crippen molar-refractivity contribution < 1.29 is 19.7 Å². The maximum Gasteiger partial charge on any atom is 0.212 e. The van der Waals surface area contributed by atoms with Gasteiger partial charge in [-0.1, -0.05) is 43.7 Å². The lowest BCUT2D eigenvalue weighted by Crippen LogP contribution is -2.45. The molecule has 2 fully saturated rings. The van der Waals surface area contributed by atoms with E-state index in [2.05, 4.69) is 37.5 Å². The number of aliphatic imine (C=N–C) groups is 1. The van der Waals surface area contributed by atoms with Gasteiger partial charge >= 0.3 is 0 Å². The molecule has 39 heavy (non-hydrogen) atoms. The third-order valence-corrected chi connectivity index (χ3v) is 7.75. The molecule has 3 atom stereocenters. The van der Waals surface area contributed by atoms with Crippen LogP contribution in [-0.4, -0.2) is 57.2 Å². The highest BCUT2D eigenvalue weighted by atomic mass is 35.5. The van der Waals surface area contributed by atoms with E-state index in [4.69, 9.17) is 48.5 Å². The van der Waals surface area contributed by atoms with Crippen LogP contribution < -0.4 is 5.73 Å². The van der Waals surface area contributed by atoms with Crippen molar-refractivity contribution in [3.8, 4) is 12.3 Å². The SMILES string of the molecule is C#CC(C=N/C=C(\C)Cl)c1nc(C(N)=NOO)nc2nc(C3(OC)CCOCC3C)n(CC3CCCCC3)c12. The first-order valence-corrected chi connectivity index (χ1v) is 13.6. The van der Waals surface area contributed by atoms with Crippen molar-refractivity contribution in [3.63, 3.8) is 0 Å². The summed E-state index contributed by atoms with van der Waals surface area (Å²) in [5, 5.41) is 12.8. The molecule has 2 aromatic heterocycles. The number of terminal acetylenes is 1. The van der Waals surface area contributed by atoms with Gasteiger partial charge in [0.2, 0.25) is 11.7 Å². The van der Waals surface area contributed by atoms with Crippen molar-refractivity contribution in [2.24, 2.45) is 27.7 Å². The molecule has 12 heteroatoms. The van der Waals surface area contributed by atoms with Crippen LogP contribution in [0.5, 0.6) is 0 Å². The van der Waals surface area contributed by atoms with E-state index in [1.165, 1.54) is 25.5 Å². The number of nitrogens with two attached hydrogens (primary N) is 1. The van der Waals surface area contributed by atoms with Crippen LogP contribution >= 0.6 is 11.6 Å². The number of hydrogen-bond acceptors (Lipinski definition) is 9. The molecule has 4 rings (SSSR count). The molecule has 1 saturated heterocycles. The molecule has 0 radical (unpaired) electrons. The predicted octanol–water partition coefficient (Wildman–Crippen LogP) is 4.30. The number of halogens is 1. The van der Waals surface area contributed by atoms with Crippen LogP contribution in [0.15, 0.2) is 21.4 Å². The fraction of sp³-hybridized carbons (Fsp3) is 0.593. The lowest BCUT2D eigenvalue weighted by Gasteiger charge is -2.41. The number of ether oxygens (including phenoxy) is 2. The van der Waals surface area contributed by atoms with Crippen molar-refractivity contribution in [1.82, 2.24) is 19.5 Å². The fourth-order valence-electron chi connectivity index (χ4n) is 5.62. The standard InChI is InChI=1S/C27H36ClN7O4/c1-5-20(14-30-13-18(3)28)21-22-24(32-25(31-21)23(29)34-39-36)33-26(27(37-4)11-12-38-16-17(27)2)35(22)15-19-9-7-6-8-10-19/h1,13-14,17,19-20,36H,6-12,15-16H2,2-4H3,(H2,29,34)/b18-13+,30-14?. The number of imidazole rings is 1. The summed E-state index contributed by atoms with van der Waals surface area (Å²) >= 11 is 5.98. The molecule has 0 bridgehead atoms. The number of rotatable bonds is 9. The van der Waals surface area contributed by atoms with E-state index in [0.29, 0.717) is 47.4 Å². The molecule has 2 aliphatic rings. The topological polar surface area (TPSA) is 142 Å². The third kappa shape index (κ3) is 6.09. The monoisotopic (exact) mass is 557 g/mol. The van der Waals surface area contributed by atoms with Gasteiger partial charge in [0.1, 0.15) is 16.9 Å². The van der Waals surface area contributed by atoms with Gasteiger partial charge in [0.25, 0.3) is 0 Å². The van der Waals surface area contributed by atoms with Crippen LogP contribution in [0.1, 0.15) is 75.6 Å². The van der Waals surface area contributed by atoms with Gasteiger partial charge in [-0.05, 0) is 30.8 Å². The second kappa shape index (κ2) is 12.9. The second-order valence-electron chi connectivity index (χ2n) is 10.2. The van der Waals surface area contributed by atoms with Crippen molar-refractivity contribution in [3.05, 3.63) is 28.6 Å². The number of hydrogen-bond donors (Lipinski definition) is 2. The highest BCUT2D eigenvalue weighted by Crippen LogP contribution is 2.42. The van der Waals surface area contributed by atoms with Crippen molar-refractivity contribution >= 4 is 34.8 Å². The van der Waals surface area contributed by atoms with Gasteiger partial charge in [-0.3, -0.25) is 4.99 Å². The maximum absolute atomic E-state index is 8.86. The normalized spacial score (nSPS) is 24.3. The summed E-state index contributed by atoms with van der Waals surface area (Å²) in [5.41, 5.74) is 6.88. The molecule has 3 N–H and O–H groups in total. The first kappa shape index (κ1) is 29.0. The first-order valence-electron chi connectivity index (χ1n) is 13.2. The van der Waals surface area contributed by atoms with Crippen LogP contribution in [0.2, 0.25) is 0 Å². The largest absolute Gasteiger partial charge is 0.381 e. The van der Waals surface area contributed by atoms with Crippen molar-refractivity contribution in [1.29, 1.82) is 0 Å². The van der Waals surface area contributed by atoms with Gasteiger partial charge in [0.05, 0.1) is 18.2 Å². The Morgan fingerprint density at radius 1 is 1.36 bits per heavy atom. The van der Waals surface area contributed by atoms with Crippen LogP contribution in [-0.2, 0) is 26.6 Å². The number of oxime groups is 1. The summed E-state index contributed by atoms with van der Waals surface area (Å²) in [7, 11) is 1.71. The minimum absolute atomic E-state index is 0.0182. The quantitative estimate of drug-likeness (QED) is 0.153. The number of allylic oxidation sites excluding steroid dienone is 1. The first-order chi connectivity index (χ1) is 18.8. The molecule has 2 aromatic rings. The van der Waals surface area contributed by atoms with Gasteiger partial charge < -0.3 is 19.8 Å². The van der Waals surface area contributed by atoms with E-state index < -0.39 is 11.5 Å². The Balaban J connectivity index is 2.01. The van der Waals surface area contributed by atoms with Gasteiger partial charge in [-0.25, -0.2) is 19.9 Å². The molecule has 0 amide bonds. The van der Waals surface area contributed by atoms with Gasteiger partial charge in [0.15, 0.2) is 5.65 Å². The number of methoxy groups -OCH3 is 1. The Bertz CT molecular complexity index is 1290. The third-order valence-electron chi connectivity index (χ3n) is 7.65. The van der Waals surface area contributed by atoms with Gasteiger partial charge in [-0.2, -0.15) is 5.26 Å².